The van der Waals surface area contributed by atoms with E-state index in [0.717, 1.165) is 29.8 Å². The molecule has 0 unspecified atom stereocenters. The number of nitrogens with zero attached hydrogens (tertiary/aromatic N) is 1. The van der Waals surface area contributed by atoms with Crippen LogP contribution in [-0.4, -0.2) is 30.8 Å². The van der Waals surface area contributed by atoms with Crippen molar-refractivity contribution in [3.8, 4) is 11.5 Å². The average Bonchev–Trinajstić information content (AvgIpc) is 2.94. The fourth-order valence-corrected chi connectivity index (χ4v) is 3.02. The molecule has 21 heavy (non-hydrogen) atoms. The van der Waals surface area contributed by atoms with Crippen LogP contribution in [-0.2, 0) is 0 Å². The van der Waals surface area contributed by atoms with Crippen LogP contribution in [0.5, 0.6) is 11.5 Å². The van der Waals surface area contributed by atoms with Crippen molar-refractivity contribution in [3.63, 3.8) is 0 Å². The summed E-state index contributed by atoms with van der Waals surface area (Å²) >= 11 is 0. The summed E-state index contributed by atoms with van der Waals surface area (Å²) in [4.78, 5) is 14.2. The zero-order valence-electron chi connectivity index (χ0n) is 12.6. The first-order chi connectivity index (χ1) is 10.1. The van der Waals surface area contributed by atoms with Gasteiger partial charge in [0.05, 0.1) is 0 Å². The number of urea groups is 1. The zero-order valence-corrected chi connectivity index (χ0v) is 12.6. The molecule has 0 aromatic heterocycles. The van der Waals surface area contributed by atoms with Gasteiger partial charge in [0.1, 0.15) is 0 Å². The highest BCUT2D eigenvalue weighted by Crippen LogP contribution is 2.36. The van der Waals surface area contributed by atoms with Crippen LogP contribution >= 0.6 is 0 Å². The van der Waals surface area contributed by atoms with E-state index in [1.807, 2.05) is 31.0 Å². The molecule has 0 saturated heterocycles. The lowest BCUT2D eigenvalue weighted by Gasteiger charge is -2.31. The number of rotatable bonds is 2. The molecule has 1 aliphatic carbocycles. The van der Waals surface area contributed by atoms with Crippen molar-refractivity contribution in [3.05, 3.63) is 17.7 Å². The van der Waals surface area contributed by atoms with Gasteiger partial charge in [-0.25, -0.2) is 4.79 Å². The van der Waals surface area contributed by atoms with E-state index in [1.54, 1.807) is 0 Å². The minimum atomic E-state index is -0.0520. The van der Waals surface area contributed by atoms with Crippen molar-refractivity contribution in [2.75, 3.05) is 19.2 Å². The molecule has 1 aromatic carbocycles. The van der Waals surface area contributed by atoms with Gasteiger partial charge in [-0.2, -0.15) is 0 Å². The summed E-state index contributed by atoms with van der Waals surface area (Å²) in [5.74, 6) is 1.43. The average molecular weight is 290 g/mol. The van der Waals surface area contributed by atoms with E-state index in [0.29, 0.717) is 11.8 Å². The van der Waals surface area contributed by atoms with Gasteiger partial charge in [-0.1, -0.05) is 19.3 Å². The Kier molecular flexibility index (Phi) is 3.90. The number of hydrogen-bond donors (Lipinski definition) is 1. The zero-order chi connectivity index (χ0) is 14.8. The van der Waals surface area contributed by atoms with Gasteiger partial charge in [0.15, 0.2) is 11.5 Å². The number of hydrogen-bond acceptors (Lipinski definition) is 3. The maximum atomic E-state index is 12.4. The molecule has 1 aromatic rings. The van der Waals surface area contributed by atoms with E-state index in [9.17, 15) is 4.79 Å². The van der Waals surface area contributed by atoms with Gasteiger partial charge in [0, 0.05) is 24.8 Å². The minimum Gasteiger partial charge on any atom is -0.454 e. The Morgan fingerprint density at radius 1 is 1.19 bits per heavy atom. The third kappa shape index (κ3) is 2.91. The first-order valence-corrected chi connectivity index (χ1v) is 7.59. The Bertz CT molecular complexity index is 539. The Morgan fingerprint density at radius 2 is 1.86 bits per heavy atom. The molecule has 0 bridgehead atoms. The van der Waals surface area contributed by atoms with Crippen molar-refractivity contribution >= 4 is 11.7 Å². The maximum Gasteiger partial charge on any atom is 0.321 e. The molecule has 1 aliphatic heterocycles. The fourth-order valence-electron chi connectivity index (χ4n) is 3.02. The highest BCUT2D eigenvalue weighted by atomic mass is 16.7. The lowest BCUT2D eigenvalue weighted by atomic mass is 9.95. The summed E-state index contributed by atoms with van der Waals surface area (Å²) in [5.41, 5.74) is 1.76. The van der Waals surface area contributed by atoms with Crippen molar-refractivity contribution in [1.29, 1.82) is 0 Å². The van der Waals surface area contributed by atoms with Gasteiger partial charge in [0.2, 0.25) is 6.79 Å². The smallest absolute Gasteiger partial charge is 0.321 e. The number of aryl methyl sites for hydroxylation is 1. The number of amides is 2. The summed E-state index contributed by atoms with van der Waals surface area (Å²) in [6, 6.07) is 4.04. The maximum absolute atomic E-state index is 12.4. The quantitative estimate of drug-likeness (QED) is 0.906. The minimum absolute atomic E-state index is 0.0520. The van der Waals surface area contributed by atoms with Crippen LogP contribution in [0.15, 0.2) is 12.1 Å². The molecule has 0 radical (unpaired) electrons. The second kappa shape index (κ2) is 5.84. The van der Waals surface area contributed by atoms with Crippen LogP contribution in [0.3, 0.4) is 0 Å². The third-order valence-electron chi connectivity index (χ3n) is 4.40. The molecule has 0 spiro atoms. The van der Waals surface area contributed by atoms with Crippen molar-refractivity contribution < 1.29 is 14.3 Å². The van der Waals surface area contributed by atoms with Gasteiger partial charge in [0.25, 0.3) is 0 Å². The standard InChI is InChI=1S/C16H22N2O3/c1-11-8-14-15(21-10-20-14)9-13(11)17-16(19)18(2)12-6-4-3-5-7-12/h8-9,12H,3-7,10H2,1-2H3,(H,17,19). The Hall–Kier alpha value is -1.91. The largest absolute Gasteiger partial charge is 0.454 e. The molecular weight excluding hydrogens is 268 g/mol. The number of fused-ring (bicyclic) bond motifs is 1. The number of nitrogens with one attached hydrogen (secondary N) is 1. The van der Waals surface area contributed by atoms with Crippen LogP contribution in [0.2, 0.25) is 0 Å². The van der Waals surface area contributed by atoms with E-state index in [1.165, 1.54) is 19.3 Å². The number of ether oxygens (including phenoxy) is 2. The molecule has 2 aliphatic rings. The van der Waals surface area contributed by atoms with Gasteiger partial charge in [-0.05, 0) is 31.4 Å². The van der Waals surface area contributed by atoms with E-state index < -0.39 is 0 Å². The molecular formula is C16H22N2O3. The van der Waals surface area contributed by atoms with E-state index in [-0.39, 0.29) is 12.8 Å². The molecule has 1 heterocycles. The lowest BCUT2D eigenvalue weighted by molar-refractivity contribution is 0.174. The van der Waals surface area contributed by atoms with E-state index in [4.69, 9.17) is 9.47 Å². The highest BCUT2D eigenvalue weighted by molar-refractivity contribution is 5.90. The molecule has 5 heteroatoms. The summed E-state index contributed by atoms with van der Waals surface area (Å²) in [6.07, 6.45) is 5.91. The Morgan fingerprint density at radius 3 is 2.57 bits per heavy atom. The molecule has 3 rings (SSSR count). The van der Waals surface area contributed by atoms with E-state index >= 15 is 0 Å². The van der Waals surface area contributed by atoms with E-state index in [2.05, 4.69) is 5.32 Å². The number of benzene rings is 1. The van der Waals surface area contributed by atoms with Crippen LogP contribution in [0.4, 0.5) is 10.5 Å². The van der Waals surface area contributed by atoms with Crippen LogP contribution in [0, 0.1) is 6.92 Å². The summed E-state index contributed by atoms with van der Waals surface area (Å²) in [6.45, 7) is 2.20. The SMILES string of the molecule is Cc1cc2c(cc1NC(=O)N(C)C1CCCCC1)OCO2. The third-order valence-corrected chi connectivity index (χ3v) is 4.40. The summed E-state index contributed by atoms with van der Waals surface area (Å²) in [5, 5.41) is 2.99. The molecule has 2 amide bonds. The Balaban J connectivity index is 1.69. The van der Waals surface area contributed by atoms with Crippen LogP contribution in [0.1, 0.15) is 37.7 Å². The van der Waals surface area contributed by atoms with Gasteiger partial charge in [-0.15, -0.1) is 0 Å². The first kappa shape index (κ1) is 14.0. The van der Waals surface area contributed by atoms with Crippen LogP contribution < -0.4 is 14.8 Å². The number of carbonyl (C=O) groups is 1. The monoisotopic (exact) mass is 290 g/mol. The lowest BCUT2D eigenvalue weighted by Crippen LogP contribution is -2.41. The van der Waals surface area contributed by atoms with Crippen molar-refractivity contribution in [2.24, 2.45) is 0 Å². The van der Waals surface area contributed by atoms with Gasteiger partial charge in [-0.3, -0.25) is 0 Å². The van der Waals surface area contributed by atoms with Crippen molar-refractivity contribution in [1.82, 2.24) is 4.90 Å². The summed E-state index contributed by atoms with van der Waals surface area (Å²) < 4.78 is 10.7. The van der Waals surface area contributed by atoms with Crippen LogP contribution in [0.25, 0.3) is 0 Å². The second-order valence-corrected chi connectivity index (χ2v) is 5.85. The summed E-state index contributed by atoms with van der Waals surface area (Å²) in [7, 11) is 1.88. The van der Waals surface area contributed by atoms with Gasteiger partial charge < -0.3 is 19.7 Å². The highest BCUT2D eigenvalue weighted by Gasteiger charge is 2.23. The molecule has 1 N–H and O–H groups in total. The Labute approximate surface area is 125 Å². The molecule has 0 atom stereocenters. The van der Waals surface area contributed by atoms with Gasteiger partial charge >= 0.3 is 6.03 Å². The molecule has 114 valence electrons. The fraction of sp³-hybridized carbons (Fsp3) is 0.562. The number of anilines is 1. The second-order valence-electron chi connectivity index (χ2n) is 5.85. The molecule has 1 saturated carbocycles. The molecule has 5 nitrogen and oxygen atoms in total. The predicted molar refractivity (Wildman–Crippen MR) is 81.0 cm³/mol. The molecule has 1 fully saturated rings. The predicted octanol–water partition coefficient (Wildman–Crippen LogP) is 3.52. The topological polar surface area (TPSA) is 50.8 Å². The normalized spacial score (nSPS) is 17.6. The van der Waals surface area contributed by atoms with Crippen molar-refractivity contribution in [2.45, 2.75) is 45.1 Å². The number of carbonyl (C=O) groups excluding carboxylic acids is 1. The first-order valence-electron chi connectivity index (χ1n) is 7.59.